The summed E-state index contributed by atoms with van der Waals surface area (Å²) < 4.78 is 6.79. The van der Waals surface area contributed by atoms with Gasteiger partial charge in [0, 0.05) is 11.6 Å². The molecule has 3 fully saturated rings. The van der Waals surface area contributed by atoms with E-state index >= 15 is 0 Å². The van der Waals surface area contributed by atoms with Crippen molar-refractivity contribution < 1.29 is 9.53 Å². The average molecular weight is 268 g/mol. The highest BCUT2D eigenvalue weighted by Crippen LogP contribution is 2.73. The number of aromatic nitrogens is 2. The molecule has 1 aromatic heterocycles. The van der Waals surface area contributed by atoms with E-state index in [-0.39, 0.29) is 16.8 Å². The molecule has 2 bridgehead atoms. The van der Waals surface area contributed by atoms with E-state index in [4.69, 9.17) is 4.74 Å². The van der Waals surface area contributed by atoms with Crippen molar-refractivity contribution in [3.8, 4) is 5.69 Å². The topological polar surface area (TPSA) is 44.1 Å². The van der Waals surface area contributed by atoms with Crippen molar-refractivity contribution in [1.29, 1.82) is 0 Å². The molecule has 102 valence electrons. The first kappa shape index (κ1) is 11.7. The van der Waals surface area contributed by atoms with Crippen LogP contribution in [0.5, 0.6) is 0 Å². The summed E-state index contributed by atoms with van der Waals surface area (Å²) in [5, 5.41) is 4.45. The summed E-state index contributed by atoms with van der Waals surface area (Å²) in [6, 6.07) is 10.1. The molecule has 3 aliphatic rings. The maximum absolute atomic E-state index is 11.7. The monoisotopic (exact) mass is 268 g/mol. The number of benzene rings is 1. The van der Waals surface area contributed by atoms with Crippen LogP contribution in [0.25, 0.3) is 5.69 Å². The largest absolute Gasteiger partial charge is 0.469 e. The van der Waals surface area contributed by atoms with Crippen LogP contribution in [0.3, 0.4) is 0 Å². The lowest BCUT2D eigenvalue weighted by Crippen LogP contribution is -2.68. The molecule has 0 unspecified atom stereocenters. The molecule has 5 rings (SSSR count). The molecular weight excluding hydrogens is 252 g/mol. The molecule has 4 nitrogen and oxygen atoms in total. The van der Waals surface area contributed by atoms with E-state index in [1.165, 1.54) is 12.7 Å². The normalized spacial score (nSPS) is 30.2. The van der Waals surface area contributed by atoms with Gasteiger partial charge in [-0.05, 0) is 37.0 Å². The lowest BCUT2D eigenvalue weighted by Gasteiger charge is -2.68. The molecule has 1 heterocycles. The number of hydrogen-bond acceptors (Lipinski definition) is 3. The standard InChI is InChI=1S/C16H16N2O2/c1-20-14(19)16-9-15(10-16,11-16)12-7-17-18(8-12)13-5-3-2-4-6-13/h2-8H,9-11H2,1H3. The first-order valence-corrected chi connectivity index (χ1v) is 6.87. The summed E-state index contributed by atoms with van der Waals surface area (Å²) >= 11 is 0. The zero-order valence-electron chi connectivity index (χ0n) is 11.4. The van der Waals surface area contributed by atoms with Crippen molar-refractivity contribution in [3.05, 3.63) is 48.3 Å². The zero-order chi connectivity index (χ0) is 13.8. The average Bonchev–Trinajstić information content (AvgIpc) is 2.86. The Kier molecular flexibility index (Phi) is 2.18. The molecule has 0 radical (unpaired) electrons. The van der Waals surface area contributed by atoms with Gasteiger partial charge in [0.1, 0.15) is 0 Å². The maximum atomic E-state index is 11.7. The summed E-state index contributed by atoms with van der Waals surface area (Å²) in [6.45, 7) is 0. The number of nitrogens with zero attached hydrogens (tertiary/aromatic N) is 2. The number of carbonyl (C=O) groups is 1. The van der Waals surface area contributed by atoms with Gasteiger partial charge in [-0.1, -0.05) is 18.2 Å². The number of ether oxygens (including phenoxy) is 1. The van der Waals surface area contributed by atoms with Crippen LogP contribution in [0.4, 0.5) is 0 Å². The van der Waals surface area contributed by atoms with Gasteiger partial charge in [0.25, 0.3) is 0 Å². The first-order chi connectivity index (χ1) is 9.67. The van der Waals surface area contributed by atoms with Crippen molar-refractivity contribution >= 4 is 5.97 Å². The van der Waals surface area contributed by atoms with E-state index in [1.807, 2.05) is 41.2 Å². The molecule has 0 aliphatic heterocycles. The molecule has 3 aliphatic carbocycles. The SMILES string of the molecule is COC(=O)C12CC(c3cnn(-c4ccccc4)c3)(C1)C2. The summed E-state index contributed by atoms with van der Waals surface area (Å²) in [4.78, 5) is 11.7. The first-order valence-electron chi connectivity index (χ1n) is 6.87. The number of carbonyl (C=O) groups excluding carboxylic acids is 1. The number of methoxy groups -OCH3 is 1. The van der Waals surface area contributed by atoms with Crippen LogP contribution in [-0.2, 0) is 14.9 Å². The van der Waals surface area contributed by atoms with E-state index in [2.05, 4.69) is 11.3 Å². The Bertz CT molecular complexity index is 655. The minimum atomic E-state index is -0.191. The predicted octanol–water partition coefficient (Wildman–Crippen LogP) is 2.47. The van der Waals surface area contributed by atoms with E-state index in [0.717, 1.165) is 24.9 Å². The van der Waals surface area contributed by atoms with Gasteiger partial charge in [-0.3, -0.25) is 4.79 Å². The Morgan fingerprint density at radius 1 is 1.25 bits per heavy atom. The summed E-state index contributed by atoms with van der Waals surface area (Å²) in [5.74, 6) is -0.0465. The van der Waals surface area contributed by atoms with Crippen LogP contribution in [0.1, 0.15) is 24.8 Å². The van der Waals surface area contributed by atoms with Crippen LogP contribution in [0, 0.1) is 5.41 Å². The second kappa shape index (κ2) is 3.72. The van der Waals surface area contributed by atoms with E-state index < -0.39 is 0 Å². The van der Waals surface area contributed by atoms with E-state index in [9.17, 15) is 4.79 Å². The van der Waals surface area contributed by atoms with Gasteiger partial charge in [0.05, 0.1) is 24.4 Å². The minimum Gasteiger partial charge on any atom is -0.469 e. The third-order valence-corrected chi connectivity index (χ3v) is 4.86. The van der Waals surface area contributed by atoms with Crippen molar-refractivity contribution in [3.63, 3.8) is 0 Å². The maximum Gasteiger partial charge on any atom is 0.311 e. The van der Waals surface area contributed by atoms with Gasteiger partial charge >= 0.3 is 5.97 Å². The van der Waals surface area contributed by atoms with Crippen molar-refractivity contribution in [2.45, 2.75) is 24.7 Å². The fourth-order valence-corrected chi connectivity index (χ4v) is 3.85. The van der Waals surface area contributed by atoms with Crippen LogP contribution in [0.15, 0.2) is 42.7 Å². The lowest BCUT2D eigenvalue weighted by atomic mass is 9.34. The van der Waals surface area contributed by atoms with Crippen LogP contribution < -0.4 is 0 Å². The number of para-hydroxylation sites is 1. The Morgan fingerprint density at radius 3 is 2.60 bits per heavy atom. The van der Waals surface area contributed by atoms with Gasteiger partial charge in [0.2, 0.25) is 0 Å². The van der Waals surface area contributed by atoms with Gasteiger partial charge in [-0.25, -0.2) is 4.68 Å². The van der Waals surface area contributed by atoms with Crippen LogP contribution in [-0.4, -0.2) is 22.9 Å². The second-order valence-corrected chi connectivity index (χ2v) is 6.09. The molecule has 0 saturated heterocycles. The van der Waals surface area contributed by atoms with Gasteiger partial charge < -0.3 is 4.74 Å². The van der Waals surface area contributed by atoms with Crippen molar-refractivity contribution in [2.75, 3.05) is 7.11 Å². The molecule has 20 heavy (non-hydrogen) atoms. The van der Waals surface area contributed by atoms with E-state index in [1.54, 1.807) is 0 Å². The smallest absolute Gasteiger partial charge is 0.311 e. The van der Waals surface area contributed by atoms with Crippen LogP contribution in [0.2, 0.25) is 0 Å². The minimum absolute atomic E-state index is 0.0465. The highest BCUT2D eigenvalue weighted by atomic mass is 16.5. The van der Waals surface area contributed by atoms with Crippen LogP contribution >= 0.6 is 0 Å². The van der Waals surface area contributed by atoms with Gasteiger partial charge in [-0.2, -0.15) is 5.10 Å². The number of rotatable bonds is 3. The molecular formula is C16H16N2O2. The molecule has 0 spiro atoms. The molecule has 4 heteroatoms. The zero-order valence-corrected chi connectivity index (χ0v) is 11.4. The predicted molar refractivity (Wildman–Crippen MR) is 73.5 cm³/mol. The molecule has 2 aromatic rings. The number of esters is 1. The Hall–Kier alpha value is -2.10. The molecule has 0 atom stereocenters. The third kappa shape index (κ3) is 1.36. The van der Waals surface area contributed by atoms with Crippen molar-refractivity contribution in [2.24, 2.45) is 5.41 Å². The van der Waals surface area contributed by atoms with Gasteiger partial charge in [-0.15, -0.1) is 0 Å². The second-order valence-electron chi connectivity index (χ2n) is 6.09. The van der Waals surface area contributed by atoms with Crippen molar-refractivity contribution in [1.82, 2.24) is 9.78 Å². The number of hydrogen-bond donors (Lipinski definition) is 0. The fourth-order valence-electron chi connectivity index (χ4n) is 3.85. The Morgan fingerprint density at radius 2 is 1.95 bits per heavy atom. The molecule has 0 N–H and O–H groups in total. The highest BCUT2D eigenvalue weighted by Gasteiger charge is 2.73. The molecule has 1 aromatic carbocycles. The summed E-state index contributed by atoms with van der Waals surface area (Å²) in [7, 11) is 1.48. The quantitative estimate of drug-likeness (QED) is 0.803. The third-order valence-electron chi connectivity index (χ3n) is 4.86. The Labute approximate surface area is 117 Å². The van der Waals surface area contributed by atoms with Gasteiger partial charge in [0.15, 0.2) is 0 Å². The molecule has 3 saturated carbocycles. The highest BCUT2D eigenvalue weighted by molar-refractivity contribution is 5.82. The fraction of sp³-hybridized carbons (Fsp3) is 0.375. The lowest BCUT2D eigenvalue weighted by molar-refractivity contribution is -0.198. The van der Waals surface area contributed by atoms with E-state index in [0.29, 0.717) is 0 Å². The molecule has 0 amide bonds. The summed E-state index contributed by atoms with van der Waals surface area (Å²) in [6.07, 6.45) is 6.76. The Balaban J connectivity index is 1.56. The summed E-state index contributed by atoms with van der Waals surface area (Å²) in [5.41, 5.74) is 2.28.